The summed E-state index contributed by atoms with van der Waals surface area (Å²) in [6, 6.07) is 3.79. The molecule has 0 amide bonds. The number of nitrogens with one attached hydrogen (secondary N) is 2. The number of halogens is 3. The van der Waals surface area contributed by atoms with Gasteiger partial charge in [0.1, 0.15) is 17.5 Å². The SMILES string of the molecule is Cc1c[nH]c2cnc(C3CC(C)NC(c4cc(F)cc(F)c4)C3)nc12.Cl.O. The summed E-state index contributed by atoms with van der Waals surface area (Å²) in [5, 5.41) is 3.44. The van der Waals surface area contributed by atoms with Crippen molar-refractivity contribution in [2.24, 2.45) is 0 Å². The van der Waals surface area contributed by atoms with Gasteiger partial charge in [0.2, 0.25) is 0 Å². The van der Waals surface area contributed by atoms with Gasteiger partial charge in [-0.05, 0) is 49.9 Å². The number of nitrogens with zero attached hydrogens (tertiary/aromatic N) is 2. The van der Waals surface area contributed by atoms with E-state index in [1.165, 1.54) is 12.1 Å². The minimum atomic E-state index is -0.549. The molecule has 0 spiro atoms. The van der Waals surface area contributed by atoms with E-state index in [1.54, 1.807) is 0 Å². The highest BCUT2D eigenvalue weighted by atomic mass is 35.5. The molecule has 1 saturated heterocycles. The fraction of sp³-hybridized carbons (Fsp3) is 0.368. The van der Waals surface area contributed by atoms with Gasteiger partial charge in [0.05, 0.1) is 17.2 Å². The van der Waals surface area contributed by atoms with E-state index in [4.69, 9.17) is 4.98 Å². The van der Waals surface area contributed by atoms with Gasteiger partial charge in [-0.2, -0.15) is 0 Å². The van der Waals surface area contributed by atoms with E-state index in [0.29, 0.717) is 12.0 Å². The standard InChI is InChI=1S/C19H20F2N4.ClH.H2O/c1-10-8-22-17-9-23-19(25-18(10)17)13-3-11(2)24-16(6-13)12-4-14(20)7-15(21)5-12;;/h4-5,7-9,11,13,16,22,24H,3,6H2,1-2H3;1H;1H2. The zero-order valence-electron chi connectivity index (χ0n) is 15.1. The molecule has 1 aromatic carbocycles. The predicted octanol–water partition coefficient (Wildman–Crippen LogP) is 3.74. The van der Waals surface area contributed by atoms with Gasteiger partial charge >= 0.3 is 0 Å². The molecule has 4 rings (SSSR count). The van der Waals surface area contributed by atoms with E-state index >= 15 is 0 Å². The number of benzene rings is 1. The average Bonchev–Trinajstić information content (AvgIpc) is 2.94. The van der Waals surface area contributed by atoms with Crippen LogP contribution in [-0.2, 0) is 0 Å². The smallest absolute Gasteiger partial charge is 0.132 e. The van der Waals surface area contributed by atoms with Gasteiger partial charge in [0.25, 0.3) is 0 Å². The fourth-order valence-electron chi connectivity index (χ4n) is 3.76. The van der Waals surface area contributed by atoms with Gasteiger partial charge in [-0.1, -0.05) is 0 Å². The number of hydrogen-bond donors (Lipinski definition) is 2. The van der Waals surface area contributed by atoms with Crippen LogP contribution in [0.5, 0.6) is 0 Å². The van der Waals surface area contributed by atoms with Crippen LogP contribution in [0.2, 0.25) is 0 Å². The molecule has 27 heavy (non-hydrogen) atoms. The van der Waals surface area contributed by atoms with E-state index in [9.17, 15) is 8.78 Å². The second kappa shape index (κ2) is 8.29. The quantitative estimate of drug-likeness (QED) is 0.692. The minimum Gasteiger partial charge on any atom is -0.412 e. The molecule has 0 saturated carbocycles. The van der Waals surface area contributed by atoms with Crippen molar-refractivity contribution in [2.75, 3.05) is 0 Å². The van der Waals surface area contributed by atoms with Crippen molar-refractivity contribution in [1.29, 1.82) is 0 Å². The molecule has 5 nitrogen and oxygen atoms in total. The van der Waals surface area contributed by atoms with Crippen LogP contribution in [0.15, 0.2) is 30.6 Å². The lowest BCUT2D eigenvalue weighted by molar-refractivity contribution is 0.299. The molecule has 3 atom stereocenters. The van der Waals surface area contributed by atoms with Gasteiger partial charge in [0.15, 0.2) is 0 Å². The van der Waals surface area contributed by atoms with Crippen molar-refractivity contribution < 1.29 is 14.3 Å². The number of fused-ring (bicyclic) bond motifs is 1. The van der Waals surface area contributed by atoms with E-state index in [2.05, 4.69) is 22.2 Å². The number of rotatable bonds is 2. The number of aromatic nitrogens is 3. The van der Waals surface area contributed by atoms with Crippen LogP contribution in [0.25, 0.3) is 11.0 Å². The lowest BCUT2D eigenvalue weighted by Gasteiger charge is -2.34. The van der Waals surface area contributed by atoms with Crippen molar-refractivity contribution in [3.8, 4) is 0 Å². The first-order chi connectivity index (χ1) is 12.0. The molecule has 3 heterocycles. The van der Waals surface area contributed by atoms with Gasteiger partial charge in [0, 0.05) is 30.3 Å². The molecular weight excluding hydrogens is 374 g/mol. The van der Waals surface area contributed by atoms with Crippen molar-refractivity contribution in [2.45, 2.75) is 44.7 Å². The lowest BCUT2D eigenvalue weighted by atomic mass is 9.85. The topological polar surface area (TPSA) is 85.1 Å². The van der Waals surface area contributed by atoms with Gasteiger partial charge in [-0.3, -0.25) is 0 Å². The monoisotopic (exact) mass is 396 g/mol. The molecule has 3 unspecified atom stereocenters. The van der Waals surface area contributed by atoms with Gasteiger partial charge in [-0.25, -0.2) is 18.7 Å². The third-order valence-electron chi connectivity index (χ3n) is 4.92. The summed E-state index contributed by atoms with van der Waals surface area (Å²) in [6.07, 6.45) is 5.34. The maximum atomic E-state index is 13.6. The molecule has 0 aliphatic carbocycles. The maximum Gasteiger partial charge on any atom is 0.132 e. The first-order valence-electron chi connectivity index (χ1n) is 8.52. The highest BCUT2D eigenvalue weighted by molar-refractivity contribution is 5.85. The maximum absolute atomic E-state index is 13.6. The van der Waals surface area contributed by atoms with Crippen LogP contribution in [0.1, 0.15) is 48.7 Å². The Labute approximate surface area is 162 Å². The fourth-order valence-corrected chi connectivity index (χ4v) is 3.76. The Kier molecular flexibility index (Phi) is 6.51. The third-order valence-corrected chi connectivity index (χ3v) is 4.92. The summed E-state index contributed by atoms with van der Waals surface area (Å²) >= 11 is 0. The minimum absolute atomic E-state index is 0. The van der Waals surface area contributed by atoms with E-state index in [1.807, 2.05) is 19.3 Å². The lowest BCUT2D eigenvalue weighted by Crippen LogP contribution is -2.38. The van der Waals surface area contributed by atoms with Gasteiger partial charge < -0.3 is 15.8 Å². The largest absolute Gasteiger partial charge is 0.412 e. The van der Waals surface area contributed by atoms with E-state index in [-0.39, 0.29) is 35.9 Å². The Bertz CT molecular complexity index is 913. The zero-order chi connectivity index (χ0) is 17.6. The molecule has 0 bridgehead atoms. The molecule has 8 heteroatoms. The molecule has 4 N–H and O–H groups in total. The van der Waals surface area contributed by atoms with Crippen LogP contribution < -0.4 is 5.32 Å². The third kappa shape index (κ3) is 4.26. The number of aromatic amines is 1. The molecule has 1 aliphatic rings. The summed E-state index contributed by atoms with van der Waals surface area (Å²) in [4.78, 5) is 12.4. The van der Waals surface area contributed by atoms with Crippen molar-refractivity contribution in [1.82, 2.24) is 20.3 Å². The Balaban J connectivity index is 0.00000131. The molecular formula is C19H23ClF2N4O. The second-order valence-corrected chi connectivity index (χ2v) is 6.95. The molecule has 1 aliphatic heterocycles. The van der Waals surface area contributed by atoms with Crippen LogP contribution in [0.3, 0.4) is 0 Å². The molecule has 1 fully saturated rings. The van der Waals surface area contributed by atoms with Crippen LogP contribution in [0.4, 0.5) is 8.78 Å². The van der Waals surface area contributed by atoms with Gasteiger partial charge in [-0.15, -0.1) is 12.4 Å². The average molecular weight is 397 g/mol. The Morgan fingerprint density at radius 1 is 1.11 bits per heavy atom. The number of H-pyrrole nitrogens is 1. The number of hydrogen-bond acceptors (Lipinski definition) is 3. The normalized spacial score (nSPS) is 22.1. The molecule has 3 aromatic rings. The first kappa shape index (κ1) is 21.2. The van der Waals surface area contributed by atoms with Crippen LogP contribution in [-0.4, -0.2) is 26.5 Å². The van der Waals surface area contributed by atoms with Crippen molar-refractivity contribution in [3.05, 3.63) is 59.2 Å². The van der Waals surface area contributed by atoms with Crippen LogP contribution in [0, 0.1) is 18.6 Å². The summed E-state index contributed by atoms with van der Waals surface area (Å²) in [5.41, 5.74) is 3.58. The highest BCUT2D eigenvalue weighted by Gasteiger charge is 2.30. The van der Waals surface area contributed by atoms with E-state index in [0.717, 1.165) is 34.9 Å². The summed E-state index contributed by atoms with van der Waals surface area (Å²) in [7, 11) is 0. The molecule has 146 valence electrons. The second-order valence-electron chi connectivity index (χ2n) is 6.95. The van der Waals surface area contributed by atoms with Crippen LogP contribution >= 0.6 is 12.4 Å². The molecule has 0 radical (unpaired) electrons. The highest BCUT2D eigenvalue weighted by Crippen LogP contribution is 2.36. The number of piperidine rings is 1. The zero-order valence-corrected chi connectivity index (χ0v) is 15.9. The van der Waals surface area contributed by atoms with Crippen molar-refractivity contribution >= 4 is 23.4 Å². The Hall–Kier alpha value is -2.09. The molecule has 2 aromatic heterocycles. The summed E-state index contributed by atoms with van der Waals surface area (Å²) in [6.45, 7) is 4.09. The summed E-state index contributed by atoms with van der Waals surface area (Å²) < 4.78 is 27.2. The van der Waals surface area contributed by atoms with Crippen molar-refractivity contribution in [3.63, 3.8) is 0 Å². The number of aryl methyl sites for hydroxylation is 1. The summed E-state index contributed by atoms with van der Waals surface area (Å²) in [5.74, 6) is -0.156. The predicted molar refractivity (Wildman–Crippen MR) is 103 cm³/mol. The first-order valence-corrected chi connectivity index (χ1v) is 8.52. The van der Waals surface area contributed by atoms with E-state index < -0.39 is 11.6 Å². The Morgan fingerprint density at radius 2 is 1.81 bits per heavy atom. The Morgan fingerprint density at radius 3 is 2.52 bits per heavy atom.